The van der Waals surface area contributed by atoms with Crippen LogP contribution in [0, 0.1) is 0 Å². The quantitative estimate of drug-likeness (QED) is 0.898. The van der Waals surface area contributed by atoms with Crippen LogP contribution in [0.5, 0.6) is 0 Å². The van der Waals surface area contributed by atoms with Gasteiger partial charge in [-0.05, 0) is 51.2 Å². The highest BCUT2D eigenvalue weighted by molar-refractivity contribution is 7.88. The van der Waals surface area contributed by atoms with Crippen molar-refractivity contribution in [3.05, 3.63) is 29.6 Å². The lowest BCUT2D eigenvalue weighted by Crippen LogP contribution is -2.50. The number of rotatable bonds is 4. The molecule has 1 aliphatic carbocycles. The maximum atomic E-state index is 12.3. The summed E-state index contributed by atoms with van der Waals surface area (Å²) in [5, 5.41) is 3.07. The van der Waals surface area contributed by atoms with Gasteiger partial charge in [-0.15, -0.1) is 0 Å². The number of carbonyl (C=O) groups is 1. The Morgan fingerprint density at radius 3 is 2.62 bits per heavy atom. The van der Waals surface area contributed by atoms with Gasteiger partial charge in [-0.25, -0.2) is 12.7 Å². The fourth-order valence-corrected chi connectivity index (χ4v) is 4.36. The van der Waals surface area contributed by atoms with Gasteiger partial charge in [0, 0.05) is 36.4 Å². The summed E-state index contributed by atoms with van der Waals surface area (Å²) in [7, 11) is -3.16. The molecular formula is C17H25N3O3S. The Hall–Kier alpha value is -1.47. The van der Waals surface area contributed by atoms with Crippen LogP contribution in [0.15, 0.2) is 18.3 Å². The summed E-state index contributed by atoms with van der Waals surface area (Å²) in [5.74, 6) is 0.00684. The summed E-state index contributed by atoms with van der Waals surface area (Å²) in [5.41, 5.74) is 1.34. The standard InChI is InChI=1S/C17H25N3O3S/c1-17(8-4-9-17)19-16(21)13-6-7-15(18-11-13)14-5-3-10-20(12-14)24(2,22)23/h6-7,11,14H,3-5,8-10,12H2,1-2H3,(H,19,21)/t14-/m1/s1. The molecule has 1 atom stereocenters. The van der Waals surface area contributed by atoms with Gasteiger partial charge in [0.15, 0.2) is 0 Å². The SMILES string of the molecule is CC1(NC(=O)c2ccc([C@@H]3CCCN(S(C)(=O)=O)C3)nc2)CCC1. The number of nitrogens with zero attached hydrogens (tertiary/aromatic N) is 2. The molecule has 3 rings (SSSR count). The fourth-order valence-electron chi connectivity index (χ4n) is 3.44. The van der Waals surface area contributed by atoms with Crippen molar-refractivity contribution in [2.24, 2.45) is 0 Å². The van der Waals surface area contributed by atoms with Crippen molar-refractivity contribution in [1.29, 1.82) is 0 Å². The first-order chi connectivity index (χ1) is 11.3. The van der Waals surface area contributed by atoms with E-state index >= 15 is 0 Å². The number of aromatic nitrogens is 1. The average Bonchev–Trinajstić information content (AvgIpc) is 2.53. The van der Waals surface area contributed by atoms with Crippen LogP contribution in [0.25, 0.3) is 0 Å². The van der Waals surface area contributed by atoms with E-state index < -0.39 is 10.0 Å². The molecule has 1 aromatic rings. The first-order valence-electron chi connectivity index (χ1n) is 8.50. The first-order valence-corrected chi connectivity index (χ1v) is 10.4. The van der Waals surface area contributed by atoms with Gasteiger partial charge >= 0.3 is 0 Å². The highest BCUT2D eigenvalue weighted by atomic mass is 32.2. The van der Waals surface area contributed by atoms with E-state index in [1.165, 1.54) is 10.6 Å². The topological polar surface area (TPSA) is 79.4 Å². The monoisotopic (exact) mass is 351 g/mol. The Kier molecular flexibility index (Phi) is 4.66. The molecule has 0 bridgehead atoms. The van der Waals surface area contributed by atoms with Gasteiger partial charge in [0.2, 0.25) is 10.0 Å². The minimum absolute atomic E-state index is 0.0743. The van der Waals surface area contributed by atoms with Crippen LogP contribution in [0.4, 0.5) is 0 Å². The number of hydrogen-bond acceptors (Lipinski definition) is 4. The minimum Gasteiger partial charge on any atom is -0.347 e. The summed E-state index contributed by atoms with van der Waals surface area (Å²) in [6.45, 7) is 3.11. The van der Waals surface area contributed by atoms with Gasteiger partial charge in [-0.3, -0.25) is 9.78 Å². The van der Waals surface area contributed by atoms with Crippen LogP contribution in [0.1, 0.15) is 61.0 Å². The van der Waals surface area contributed by atoms with Crippen molar-refractivity contribution < 1.29 is 13.2 Å². The van der Waals surface area contributed by atoms with Crippen molar-refractivity contribution in [3.8, 4) is 0 Å². The highest BCUT2D eigenvalue weighted by Gasteiger charge is 2.33. The van der Waals surface area contributed by atoms with Crippen molar-refractivity contribution >= 4 is 15.9 Å². The number of pyridine rings is 1. The molecule has 0 radical (unpaired) electrons. The highest BCUT2D eigenvalue weighted by Crippen LogP contribution is 2.31. The van der Waals surface area contributed by atoms with Crippen molar-refractivity contribution in [1.82, 2.24) is 14.6 Å². The van der Waals surface area contributed by atoms with Gasteiger partial charge in [0.1, 0.15) is 0 Å². The van der Waals surface area contributed by atoms with Gasteiger partial charge < -0.3 is 5.32 Å². The van der Waals surface area contributed by atoms with Gasteiger partial charge in [0.05, 0.1) is 11.8 Å². The largest absolute Gasteiger partial charge is 0.347 e. The lowest BCUT2D eigenvalue weighted by Gasteiger charge is -2.39. The molecule has 7 heteroatoms. The smallest absolute Gasteiger partial charge is 0.253 e. The van der Waals surface area contributed by atoms with Crippen LogP contribution < -0.4 is 5.32 Å². The van der Waals surface area contributed by atoms with E-state index in [-0.39, 0.29) is 17.4 Å². The van der Waals surface area contributed by atoms with Crippen molar-refractivity contribution in [3.63, 3.8) is 0 Å². The minimum atomic E-state index is -3.16. The molecule has 1 saturated heterocycles. The van der Waals surface area contributed by atoms with E-state index in [2.05, 4.69) is 17.2 Å². The normalized spacial score (nSPS) is 24.2. The molecule has 6 nitrogen and oxygen atoms in total. The second-order valence-corrected chi connectivity index (χ2v) is 9.28. The molecule has 1 saturated carbocycles. The van der Waals surface area contributed by atoms with Crippen LogP contribution in [0.2, 0.25) is 0 Å². The van der Waals surface area contributed by atoms with Crippen LogP contribution >= 0.6 is 0 Å². The Bertz CT molecular complexity index is 711. The predicted molar refractivity (Wildman–Crippen MR) is 92.4 cm³/mol. The molecule has 2 fully saturated rings. The molecule has 0 unspecified atom stereocenters. The second-order valence-electron chi connectivity index (χ2n) is 7.30. The molecule has 24 heavy (non-hydrogen) atoms. The maximum Gasteiger partial charge on any atom is 0.253 e. The van der Waals surface area contributed by atoms with Crippen molar-refractivity contribution in [2.45, 2.75) is 50.5 Å². The number of amides is 1. The van der Waals surface area contributed by atoms with E-state index in [4.69, 9.17) is 0 Å². The first kappa shape index (κ1) is 17.4. The van der Waals surface area contributed by atoms with Crippen LogP contribution in [-0.2, 0) is 10.0 Å². The summed E-state index contributed by atoms with van der Waals surface area (Å²) in [6, 6.07) is 3.65. The maximum absolute atomic E-state index is 12.3. The van der Waals surface area contributed by atoms with Gasteiger partial charge in [0.25, 0.3) is 5.91 Å². The molecule has 132 valence electrons. The molecule has 0 aromatic carbocycles. The Balaban J connectivity index is 1.66. The number of sulfonamides is 1. The van der Waals surface area contributed by atoms with Gasteiger partial charge in [-0.1, -0.05) is 0 Å². The Morgan fingerprint density at radius 1 is 1.33 bits per heavy atom. The lowest BCUT2D eigenvalue weighted by molar-refractivity contribution is 0.0850. The summed E-state index contributed by atoms with van der Waals surface area (Å²) < 4.78 is 25.0. The molecule has 1 aliphatic heterocycles. The third kappa shape index (κ3) is 3.78. The molecule has 0 spiro atoms. The number of piperidine rings is 1. The molecule has 1 amide bonds. The van der Waals surface area contributed by atoms with Crippen LogP contribution in [-0.4, -0.2) is 48.5 Å². The molecule has 2 heterocycles. The van der Waals surface area contributed by atoms with E-state index in [1.54, 1.807) is 12.3 Å². The summed E-state index contributed by atoms with van der Waals surface area (Å²) >= 11 is 0. The number of hydrogen-bond donors (Lipinski definition) is 1. The molecule has 2 aliphatic rings. The Labute approximate surface area is 143 Å². The average molecular weight is 351 g/mol. The zero-order valence-corrected chi connectivity index (χ0v) is 15.1. The van der Waals surface area contributed by atoms with E-state index in [1.807, 2.05) is 6.07 Å². The summed E-state index contributed by atoms with van der Waals surface area (Å²) in [6.07, 6.45) is 7.81. The predicted octanol–water partition coefficient (Wildman–Crippen LogP) is 1.89. The van der Waals surface area contributed by atoms with E-state index in [9.17, 15) is 13.2 Å². The number of nitrogens with one attached hydrogen (secondary N) is 1. The second kappa shape index (κ2) is 6.44. The zero-order chi connectivity index (χ0) is 17.4. The molecule has 1 N–H and O–H groups in total. The Morgan fingerprint density at radius 2 is 2.08 bits per heavy atom. The molecular weight excluding hydrogens is 326 g/mol. The van der Waals surface area contributed by atoms with E-state index in [0.29, 0.717) is 18.7 Å². The van der Waals surface area contributed by atoms with Gasteiger partial charge in [-0.2, -0.15) is 0 Å². The lowest BCUT2D eigenvalue weighted by atomic mass is 9.78. The van der Waals surface area contributed by atoms with E-state index in [0.717, 1.165) is 37.8 Å². The zero-order valence-electron chi connectivity index (χ0n) is 14.3. The fraction of sp³-hybridized carbons (Fsp3) is 0.647. The third-order valence-corrected chi connectivity index (χ3v) is 6.46. The third-order valence-electron chi connectivity index (χ3n) is 5.19. The summed E-state index contributed by atoms with van der Waals surface area (Å²) in [4.78, 5) is 16.7. The van der Waals surface area contributed by atoms with Crippen LogP contribution in [0.3, 0.4) is 0 Å². The van der Waals surface area contributed by atoms with Crippen molar-refractivity contribution in [2.75, 3.05) is 19.3 Å². The molecule has 1 aromatic heterocycles. The number of carbonyl (C=O) groups excluding carboxylic acids is 1.